The molecule has 0 heterocycles. The lowest BCUT2D eigenvalue weighted by atomic mass is 10.5. The van der Waals surface area contributed by atoms with Crippen LogP contribution in [0.5, 0.6) is 0 Å². The number of carbonyl (C=O) groups is 1. The molecule has 0 saturated heterocycles. The third-order valence-electron chi connectivity index (χ3n) is 1.27. The SMILES string of the molecule is C=CSC(=O)N(CC=CCl)CC=CCl. The Kier molecular flexibility index (Phi) is 8.94. The minimum atomic E-state index is -0.0791. The molecule has 5 heteroatoms. The predicted octanol–water partition coefficient (Wildman–Crippen LogP) is 3.79. The van der Waals surface area contributed by atoms with E-state index in [0.29, 0.717) is 13.1 Å². The normalized spacial score (nSPS) is 11.0. The molecule has 0 aliphatic heterocycles. The molecule has 0 radical (unpaired) electrons. The van der Waals surface area contributed by atoms with Gasteiger partial charge in [0.25, 0.3) is 5.24 Å². The monoisotopic (exact) mass is 251 g/mol. The van der Waals surface area contributed by atoms with Gasteiger partial charge in [0.1, 0.15) is 0 Å². The van der Waals surface area contributed by atoms with E-state index in [2.05, 4.69) is 6.58 Å². The first-order valence-electron chi connectivity index (χ1n) is 3.83. The smallest absolute Gasteiger partial charge is 0.286 e. The number of halogens is 2. The Morgan fingerprint density at radius 3 is 2.14 bits per heavy atom. The van der Waals surface area contributed by atoms with E-state index in [0.717, 1.165) is 11.8 Å². The second-order valence-electron chi connectivity index (χ2n) is 2.18. The molecular formula is C9H11Cl2NOS. The number of hydrogen-bond donors (Lipinski definition) is 0. The summed E-state index contributed by atoms with van der Waals surface area (Å²) in [6.45, 7) is 4.40. The van der Waals surface area contributed by atoms with Crippen molar-refractivity contribution in [3.8, 4) is 0 Å². The van der Waals surface area contributed by atoms with Gasteiger partial charge < -0.3 is 4.90 Å². The van der Waals surface area contributed by atoms with E-state index >= 15 is 0 Å². The molecule has 0 bridgehead atoms. The van der Waals surface area contributed by atoms with Crippen LogP contribution in [0.1, 0.15) is 0 Å². The van der Waals surface area contributed by atoms with Gasteiger partial charge in [0.05, 0.1) is 0 Å². The van der Waals surface area contributed by atoms with Gasteiger partial charge in [-0.2, -0.15) is 0 Å². The first-order chi connectivity index (χ1) is 6.76. The number of amides is 1. The molecule has 0 aromatic carbocycles. The minimum absolute atomic E-state index is 0.0791. The summed E-state index contributed by atoms with van der Waals surface area (Å²) in [5.41, 5.74) is 2.76. The van der Waals surface area contributed by atoms with Crippen molar-refractivity contribution >= 4 is 40.2 Å². The Hall–Kier alpha value is -0.380. The fraction of sp³-hybridized carbons (Fsp3) is 0.222. The Labute approximate surface area is 98.2 Å². The number of carbonyl (C=O) groups excluding carboxylic acids is 1. The highest BCUT2D eigenvalue weighted by Crippen LogP contribution is 2.09. The lowest BCUT2D eigenvalue weighted by molar-refractivity contribution is 0.233. The van der Waals surface area contributed by atoms with Crippen LogP contribution in [0.15, 0.2) is 35.2 Å². The summed E-state index contributed by atoms with van der Waals surface area (Å²) in [6, 6.07) is 0. The van der Waals surface area contributed by atoms with Crippen molar-refractivity contribution < 1.29 is 4.79 Å². The zero-order valence-electron chi connectivity index (χ0n) is 7.53. The van der Waals surface area contributed by atoms with Crippen molar-refractivity contribution in [1.29, 1.82) is 0 Å². The molecule has 0 aliphatic carbocycles. The Morgan fingerprint density at radius 1 is 1.29 bits per heavy atom. The van der Waals surface area contributed by atoms with E-state index in [-0.39, 0.29) is 5.24 Å². The van der Waals surface area contributed by atoms with Crippen molar-refractivity contribution in [1.82, 2.24) is 4.90 Å². The van der Waals surface area contributed by atoms with Crippen LogP contribution in [0.4, 0.5) is 4.79 Å². The topological polar surface area (TPSA) is 20.3 Å². The highest BCUT2D eigenvalue weighted by Gasteiger charge is 2.08. The van der Waals surface area contributed by atoms with E-state index in [4.69, 9.17) is 23.2 Å². The second kappa shape index (κ2) is 9.19. The fourth-order valence-corrected chi connectivity index (χ4v) is 1.30. The molecule has 0 unspecified atom stereocenters. The van der Waals surface area contributed by atoms with Crippen LogP contribution in [0.3, 0.4) is 0 Å². The summed E-state index contributed by atoms with van der Waals surface area (Å²) in [7, 11) is 0. The van der Waals surface area contributed by atoms with Crippen LogP contribution in [0.25, 0.3) is 0 Å². The third kappa shape index (κ3) is 6.13. The van der Waals surface area contributed by atoms with Crippen molar-refractivity contribution in [2.75, 3.05) is 13.1 Å². The van der Waals surface area contributed by atoms with Crippen molar-refractivity contribution in [2.24, 2.45) is 0 Å². The van der Waals surface area contributed by atoms with Gasteiger partial charge in [-0.15, -0.1) is 0 Å². The van der Waals surface area contributed by atoms with Crippen LogP contribution in [0, 0.1) is 0 Å². The quantitative estimate of drug-likeness (QED) is 0.741. The van der Waals surface area contributed by atoms with E-state index < -0.39 is 0 Å². The first-order valence-corrected chi connectivity index (χ1v) is 5.58. The van der Waals surface area contributed by atoms with Gasteiger partial charge in [-0.1, -0.05) is 41.9 Å². The molecule has 0 aromatic heterocycles. The van der Waals surface area contributed by atoms with Crippen LogP contribution < -0.4 is 0 Å². The number of hydrogen-bond acceptors (Lipinski definition) is 2. The third-order valence-corrected chi connectivity index (χ3v) is 2.25. The Balaban J connectivity index is 4.20. The standard InChI is InChI=1S/C9H11Cl2NOS/c1-2-14-9(13)12(7-3-5-10)8-4-6-11/h2-6H,1,7-8H2. The molecule has 0 aromatic rings. The summed E-state index contributed by atoms with van der Waals surface area (Å²) in [5.74, 6) is 0. The highest BCUT2D eigenvalue weighted by molar-refractivity contribution is 8.16. The lowest BCUT2D eigenvalue weighted by Gasteiger charge is -2.17. The minimum Gasteiger partial charge on any atom is -0.326 e. The molecule has 0 spiro atoms. The van der Waals surface area contributed by atoms with E-state index in [1.165, 1.54) is 16.5 Å². The molecule has 78 valence electrons. The van der Waals surface area contributed by atoms with Gasteiger partial charge in [0.2, 0.25) is 0 Å². The maximum Gasteiger partial charge on any atom is 0.286 e. The molecule has 14 heavy (non-hydrogen) atoms. The van der Waals surface area contributed by atoms with Crippen LogP contribution in [0.2, 0.25) is 0 Å². The maximum absolute atomic E-state index is 11.4. The molecular weight excluding hydrogens is 241 g/mol. The Bertz CT molecular complexity index is 227. The van der Waals surface area contributed by atoms with Gasteiger partial charge in [0.15, 0.2) is 0 Å². The molecule has 0 aliphatic rings. The van der Waals surface area contributed by atoms with Gasteiger partial charge in [0, 0.05) is 24.2 Å². The molecule has 0 N–H and O–H groups in total. The zero-order chi connectivity index (χ0) is 10.8. The van der Waals surface area contributed by atoms with Gasteiger partial charge in [-0.25, -0.2) is 0 Å². The summed E-state index contributed by atoms with van der Waals surface area (Å²) in [5, 5.41) is 1.41. The molecule has 0 atom stereocenters. The van der Waals surface area contributed by atoms with Gasteiger partial charge in [-0.3, -0.25) is 4.79 Å². The van der Waals surface area contributed by atoms with Gasteiger partial charge in [-0.05, 0) is 17.2 Å². The number of rotatable bonds is 5. The summed E-state index contributed by atoms with van der Waals surface area (Å²) in [6.07, 6.45) is 3.37. The molecule has 0 saturated carbocycles. The van der Waals surface area contributed by atoms with Crippen LogP contribution >= 0.6 is 35.0 Å². The Morgan fingerprint density at radius 2 is 1.79 bits per heavy atom. The van der Waals surface area contributed by atoms with Crippen molar-refractivity contribution in [2.45, 2.75) is 0 Å². The molecule has 0 fully saturated rings. The summed E-state index contributed by atoms with van der Waals surface area (Å²) < 4.78 is 0. The van der Waals surface area contributed by atoms with E-state index in [1.807, 2.05) is 0 Å². The maximum atomic E-state index is 11.4. The van der Waals surface area contributed by atoms with Crippen molar-refractivity contribution in [3.63, 3.8) is 0 Å². The van der Waals surface area contributed by atoms with E-state index in [9.17, 15) is 4.79 Å². The molecule has 0 rings (SSSR count). The van der Waals surface area contributed by atoms with Crippen LogP contribution in [-0.2, 0) is 0 Å². The predicted molar refractivity (Wildman–Crippen MR) is 64.7 cm³/mol. The number of nitrogens with zero attached hydrogens (tertiary/aromatic N) is 1. The average Bonchev–Trinajstić information content (AvgIpc) is 2.18. The van der Waals surface area contributed by atoms with Gasteiger partial charge >= 0.3 is 0 Å². The van der Waals surface area contributed by atoms with E-state index in [1.54, 1.807) is 17.1 Å². The zero-order valence-corrected chi connectivity index (χ0v) is 9.86. The molecule has 2 nitrogen and oxygen atoms in total. The number of thioether (sulfide) groups is 1. The first kappa shape index (κ1) is 13.6. The fourth-order valence-electron chi connectivity index (χ4n) is 0.704. The van der Waals surface area contributed by atoms with Crippen molar-refractivity contribution in [3.05, 3.63) is 35.2 Å². The van der Waals surface area contributed by atoms with Crippen LogP contribution in [-0.4, -0.2) is 23.2 Å². The highest BCUT2D eigenvalue weighted by atomic mass is 35.5. The second-order valence-corrected chi connectivity index (χ2v) is 3.60. The summed E-state index contributed by atoms with van der Waals surface area (Å²) in [4.78, 5) is 13.0. The average molecular weight is 252 g/mol. The lowest BCUT2D eigenvalue weighted by Crippen LogP contribution is -2.27. The molecule has 1 amide bonds. The largest absolute Gasteiger partial charge is 0.326 e. The summed E-state index contributed by atoms with van der Waals surface area (Å²) >= 11 is 11.8.